The Labute approximate surface area is 153 Å². The Morgan fingerprint density at radius 2 is 1.65 bits per heavy atom. The number of nitrogens with zero attached hydrogens (tertiary/aromatic N) is 4. The van der Waals surface area contributed by atoms with Crippen molar-refractivity contribution in [3.63, 3.8) is 0 Å². The number of ketones is 1. The summed E-state index contributed by atoms with van der Waals surface area (Å²) in [5.41, 5.74) is 7.87. The highest BCUT2D eigenvalue weighted by Gasteiger charge is 2.12. The zero-order valence-electron chi connectivity index (χ0n) is 15.8. The molecule has 2 aromatic heterocycles. The lowest BCUT2D eigenvalue weighted by Crippen LogP contribution is -2.04. The summed E-state index contributed by atoms with van der Waals surface area (Å²) in [4.78, 5) is 23.3. The zero-order chi connectivity index (χ0) is 18.7. The Morgan fingerprint density at radius 1 is 1.04 bits per heavy atom. The van der Waals surface area contributed by atoms with Crippen LogP contribution >= 0.6 is 0 Å². The minimum atomic E-state index is -0.0624. The number of Topliss-reactive ketones (excluding diaryl/α,β-unsaturated/α-hetero) is 1. The van der Waals surface area contributed by atoms with E-state index < -0.39 is 0 Å². The fraction of sp³-hybridized carbons (Fsp3) is 0.333. The Balaban J connectivity index is 0.000000152. The number of hydrogen-bond donors (Lipinski definition) is 0. The van der Waals surface area contributed by atoms with Crippen LogP contribution in [0.3, 0.4) is 0 Å². The molecule has 0 radical (unpaired) electrons. The highest BCUT2D eigenvalue weighted by Crippen LogP contribution is 2.24. The first kappa shape index (κ1) is 18.0. The van der Waals surface area contributed by atoms with E-state index in [2.05, 4.69) is 53.1 Å². The van der Waals surface area contributed by atoms with Gasteiger partial charge >= 0.3 is 0 Å². The van der Waals surface area contributed by atoms with Gasteiger partial charge in [-0.2, -0.15) is 0 Å². The first-order valence-corrected chi connectivity index (χ1v) is 8.90. The molecule has 0 saturated carbocycles. The van der Waals surface area contributed by atoms with Crippen LogP contribution < -0.4 is 0 Å². The van der Waals surface area contributed by atoms with Gasteiger partial charge < -0.3 is 4.57 Å². The van der Waals surface area contributed by atoms with E-state index in [0.29, 0.717) is 11.3 Å². The summed E-state index contributed by atoms with van der Waals surface area (Å²) in [5.74, 6) is -0.0624. The largest absolute Gasteiger partial charge is 0.328 e. The number of fused-ring (bicyclic) bond motifs is 2. The van der Waals surface area contributed by atoms with E-state index in [1.807, 2.05) is 11.5 Å². The number of carbonyl (C=O) groups excluding carboxylic acids is 1. The van der Waals surface area contributed by atoms with Gasteiger partial charge in [0.15, 0.2) is 11.4 Å². The van der Waals surface area contributed by atoms with E-state index in [1.54, 1.807) is 17.5 Å². The number of allylic oxidation sites excluding steroid dienone is 2. The fourth-order valence-corrected chi connectivity index (χ4v) is 3.18. The molecule has 26 heavy (non-hydrogen) atoms. The molecule has 1 aromatic carbocycles. The van der Waals surface area contributed by atoms with E-state index >= 15 is 0 Å². The van der Waals surface area contributed by atoms with Gasteiger partial charge in [0.2, 0.25) is 0 Å². The molecule has 134 valence electrons. The average Bonchev–Trinajstić information content (AvgIpc) is 3.06. The molecule has 0 amide bonds. The smallest absolute Gasteiger partial charge is 0.181 e. The Morgan fingerprint density at radius 3 is 2.19 bits per heavy atom. The van der Waals surface area contributed by atoms with Crippen LogP contribution in [0, 0.1) is 0 Å². The third-order valence-corrected chi connectivity index (χ3v) is 4.84. The number of rotatable bonds is 2. The first-order valence-electron chi connectivity index (χ1n) is 8.90. The molecule has 0 unspecified atom stereocenters. The third kappa shape index (κ3) is 3.57. The summed E-state index contributed by atoms with van der Waals surface area (Å²) in [6, 6.07) is 8.75. The molecule has 3 aromatic rings. The molecule has 1 aliphatic carbocycles. The lowest BCUT2D eigenvalue weighted by molar-refractivity contribution is 0.101. The van der Waals surface area contributed by atoms with Gasteiger partial charge in [0, 0.05) is 13.5 Å². The maximum absolute atomic E-state index is 11.3. The van der Waals surface area contributed by atoms with Crippen molar-refractivity contribution < 1.29 is 4.79 Å². The van der Waals surface area contributed by atoms with Crippen LogP contribution in [0.5, 0.6) is 0 Å². The Hall–Kier alpha value is -2.82. The maximum atomic E-state index is 11.3. The van der Waals surface area contributed by atoms with Crippen LogP contribution in [-0.4, -0.2) is 25.3 Å². The zero-order valence-corrected chi connectivity index (χ0v) is 15.8. The van der Waals surface area contributed by atoms with E-state index in [0.717, 1.165) is 24.9 Å². The van der Waals surface area contributed by atoms with Crippen molar-refractivity contribution in [2.45, 2.75) is 47.1 Å². The molecule has 2 heterocycles. The van der Waals surface area contributed by atoms with Gasteiger partial charge in [-0.15, -0.1) is 0 Å². The predicted molar refractivity (Wildman–Crippen MR) is 103 cm³/mol. The standard InChI is InChI=1S/C12H14.C9H10N4O/c1-9-7-11-5-3-4-6-12(11)8-10(9)2;1-3-13-5-12-9-8(13)7(6(2)14)10-4-11-9/h3-6H,7-8H2,1-2H3;4-5H,3H2,1-2H3. The second-order valence-corrected chi connectivity index (χ2v) is 6.66. The van der Waals surface area contributed by atoms with Gasteiger partial charge in [-0.1, -0.05) is 35.4 Å². The van der Waals surface area contributed by atoms with Crippen molar-refractivity contribution in [1.29, 1.82) is 0 Å². The van der Waals surface area contributed by atoms with Crippen molar-refractivity contribution >= 4 is 16.9 Å². The summed E-state index contributed by atoms with van der Waals surface area (Å²) in [6.45, 7) is 8.72. The summed E-state index contributed by atoms with van der Waals surface area (Å²) < 4.78 is 1.87. The number of imidazole rings is 1. The quantitative estimate of drug-likeness (QED) is 0.515. The third-order valence-electron chi connectivity index (χ3n) is 4.84. The minimum Gasteiger partial charge on any atom is -0.328 e. The normalized spacial score (nSPS) is 13.2. The molecular formula is C21H24N4O. The molecule has 0 atom stereocenters. The topological polar surface area (TPSA) is 60.7 Å². The van der Waals surface area contributed by atoms with Crippen LogP contribution in [0.15, 0.2) is 48.1 Å². The number of benzene rings is 1. The highest BCUT2D eigenvalue weighted by molar-refractivity contribution is 6.02. The second-order valence-electron chi connectivity index (χ2n) is 6.66. The highest BCUT2D eigenvalue weighted by atomic mass is 16.1. The number of hydrogen-bond acceptors (Lipinski definition) is 4. The molecule has 0 N–H and O–H groups in total. The van der Waals surface area contributed by atoms with Crippen molar-refractivity contribution in [1.82, 2.24) is 19.5 Å². The Kier molecular flexibility index (Phi) is 5.26. The van der Waals surface area contributed by atoms with Crippen molar-refractivity contribution in [3.05, 3.63) is 64.9 Å². The predicted octanol–water partition coefficient (Wildman–Crippen LogP) is 4.17. The van der Waals surface area contributed by atoms with Gasteiger partial charge in [-0.25, -0.2) is 15.0 Å². The Bertz CT molecular complexity index is 952. The molecular weight excluding hydrogens is 324 g/mol. The SMILES string of the molecule is CC1=C(C)Cc2ccccc2C1.CCn1cnc2ncnc(C(C)=O)c21. The van der Waals surface area contributed by atoms with Gasteiger partial charge in [0.05, 0.1) is 6.33 Å². The molecule has 5 nitrogen and oxygen atoms in total. The van der Waals surface area contributed by atoms with Crippen LogP contribution in [-0.2, 0) is 19.4 Å². The van der Waals surface area contributed by atoms with Crippen molar-refractivity contribution in [2.24, 2.45) is 0 Å². The van der Waals surface area contributed by atoms with E-state index in [1.165, 1.54) is 24.4 Å². The molecule has 5 heteroatoms. The number of carbonyl (C=O) groups is 1. The summed E-state index contributed by atoms with van der Waals surface area (Å²) in [5, 5.41) is 0. The summed E-state index contributed by atoms with van der Waals surface area (Å²) in [7, 11) is 0. The van der Waals surface area contributed by atoms with Crippen LogP contribution in [0.4, 0.5) is 0 Å². The summed E-state index contributed by atoms with van der Waals surface area (Å²) in [6.07, 6.45) is 5.35. The molecule has 0 fully saturated rings. The van der Waals surface area contributed by atoms with E-state index in [9.17, 15) is 4.79 Å². The molecule has 0 spiro atoms. The minimum absolute atomic E-state index is 0.0624. The molecule has 0 aliphatic heterocycles. The fourth-order valence-electron chi connectivity index (χ4n) is 3.18. The van der Waals surface area contributed by atoms with Crippen LogP contribution in [0.1, 0.15) is 49.3 Å². The van der Waals surface area contributed by atoms with Crippen LogP contribution in [0.2, 0.25) is 0 Å². The molecule has 0 saturated heterocycles. The monoisotopic (exact) mass is 348 g/mol. The number of aryl methyl sites for hydroxylation is 1. The maximum Gasteiger partial charge on any atom is 0.181 e. The first-order chi connectivity index (χ1) is 12.5. The molecule has 4 rings (SSSR count). The van der Waals surface area contributed by atoms with Gasteiger partial charge in [-0.05, 0) is 44.7 Å². The number of aromatic nitrogens is 4. The van der Waals surface area contributed by atoms with E-state index in [-0.39, 0.29) is 5.78 Å². The summed E-state index contributed by atoms with van der Waals surface area (Å²) >= 11 is 0. The van der Waals surface area contributed by atoms with Gasteiger partial charge in [0.1, 0.15) is 17.5 Å². The van der Waals surface area contributed by atoms with Crippen LogP contribution in [0.25, 0.3) is 11.2 Å². The average molecular weight is 348 g/mol. The second kappa shape index (κ2) is 7.60. The lowest BCUT2D eigenvalue weighted by Gasteiger charge is -2.18. The molecule has 1 aliphatic rings. The molecule has 0 bridgehead atoms. The van der Waals surface area contributed by atoms with Gasteiger partial charge in [-0.3, -0.25) is 4.79 Å². The van der Waals surface area contributed by atoms with Crippen molar-refractivity contribution in [3.8, 4) is 0 Å². The van der Waals surface area contributed by atoms with Crippen molar-refractivity contribution in [2.75, 3.05) is 0 Å². The van der Waals surface area contributed by atoms with E-state index in [4.69, 9.17) is 0 Å². The van der Waals surface area contributed by atoms with Gasteiger partial charge in [0.25, 0.3) is 0 Å². The lowest BCUT2D eigenvalue weighted by atomic mass is 9.88.